The molecular weight excluding hydrogens is 256 g/mol. The molecule has 5 heteroatoms. The van der Waals surface area contributed by atoms with Crippen molar-refractivity contribution in [2.45, 2.75) is 45.7 Å². The largest absolute Gasteiger partial charge is 0.290 e. The molecule has 0 saturated carbocycles. The number of piperidine rings is 1. The van der Waals surface area contributed by atoms with Crippen LogP contribution in [0.2, 0.25) is 0 Å². The summed E-state index contributed by atoms with van der Waals surface area (Å²) in [7, 11) is 0. The molecule has 0 radical (unpaired) electrons. The molecule has 1 N–H and O–H groups in total. The van der Waals surface area contributed by atoms with Crippen LogP contribution >= 0.6 is 11.3 Å². The third kappa shape index (κ3) is 2.58. The Morgan fingerprint density at radius 3 is 3.00 bits per heavy atom. The van der Waals surface area contributed by atoms with Crippen molar-refractivity contribution in [2.75, 3.05) is 6.54 Å². The van der Waals surface area contributed by atoms with Crippen molar-refractivity contribution in [1.29, 1.82) is 0 Å². The summed E-state index contributed by atoms with van der Waals surface area (Å²) in [4.78, 5) is 8.33. The maximum atomic E-state index is 4.36. The van der Waals surface area contributed by atoms with Crippen LogP contribution in [-0.2, 0) is 6.54 Å². The number of H-pyrrole nitrogens is 1. The van der Waals surface area contributed by atoms with Gasteiger partial charge < -0.3 is 0 Å². The van der Waals surface area contributed by atoms with E-state index in [-0.39, 0.29) is 0 Å². The first-order valence-corrected chi connectivity index (χ1v) is 7.76. The molecule has 1 aliphatic rings. The highest BCUT2D eigenvalue weighted by Crippen LogP contribution is 2.33. The van der Waals surface area contributed by atoms with Crippen LogP contribution in [0, 0.1) is 13.8 Å². The molecule has 3 heterocycles. The van der Waals surface area contributed by atoms with Gasteiger partial charge in [0.2, 0.25) is 0 Å². The molecule has 0 bridgehead atoms. The normalized spacial score (nSPS) is 20.8. The van der Waals surface area contributed by atoms with Crippen LogP contribution in [0.5, 0.6) is 0 Å². The lowest BCUT2D eigenvalue weighted by Crippen LogP contribution is -2.33. The van der Waals surface area contributed by atoms with Crippen LogP contribution < -0.4 is 0 Å². The molecule has 0 amide bonds. The molecule has 0 unspecified atom stereocenters. The molecule has 3 rings (SSSR count). The van der Waals surface area contributed by atoms with E-state index in [2.05, 4.69) is 33.9 Å². The Bertz CT molecular complexity index is 545. The minimum atomic E-state index is 0.484. The van der Waals surface area contributed by atoms with Gasteiger partial charge in [0.05, 0.1) is 29.1 Å². The Balaban J connectivity index is 1.82. The molecule has 1 aliphatic heterocycles. The van der Waals surface area contributed by atoms with Crippen molar-refractivity contribution in [2.24, 2.45) is 0 Å². The van der Waals surface area contributed by atoms with E-state index >= 15 is 0 Å². The van der Waals surface area contributed by atoms with Gasteiger partial charge in [0.25, 0.3) is 0 Å². The Morgan fingerprint density at radius 2 is 2.32 bits per heavy atom. The number of aryl methyl sites for hydroxylation is 2. The number of nitrogens with zero attached hydrogens (tertiary/aromatic N) is 3. The van der Waals surface area contributed by atoms with E-state index in [0.29, 0.717) is 6.04 Å². The van der Waals surface area contributed by atoms with E-state index < -0.39 is 0 Å². The standard InChI is InChI=1S/C14H20N4S/c1-10-7-16-17-14(10)12-5-3-4-6-18(12)8-13-11(2)15-9-19-13/h7,9,12H,3-6,8H2,1-2H3,(H,16,17)/t12-/m1/s1. The number of aromatic amines is 1. The first-order chi connectivity index (χ1) is 9.25. The molecular formula is C14H20N4S. The van der Waals surface area contributed by atoms with Gasteiger partial charge >= 0.3 is 0 Å². The highest BCUT2D eigenvalue weighted by Gasteiger charge is 2.27. The fraction of sp³-hybridized carbons (Fsp3) is 0.571. The maximum Gasteiger partial charge on any atom is 0.0798 e. The second-order valence-corrected chi connectivity index (χ2v) is 6.25. The van der Waals surface area contributed by atoms with Crippen molar-refractivity contribution >= 4 is 11.3 Å². The van der Waals surface area contributed by atoms with Gasteiger partial charge in [0, 0.05) is 11.4 Å². The highest BCUT2D eigenvalue weighted by atomic mass is 32.1. The van der Waals surface area contributed by atoms with E-state index in [1.165, 1.54) is 47.6 Å². The third-order valence-electron chi connectivity index (χ3n) is 4.01. The van der Waals surface area contributed by atoms with E-state index in [4.69, 9.17) is 0 Å². The number of rotatable bonds is 3. The van der Waals surface area contributed by atoms with Gasteiger partial charge in [-0.1, -0.05) is 6.42 Å². The predicted molar refractivity (Wildman–Crippen MR) is 77.2 cm³/mol. The van der Waals surface area contributed by atoms with Gasteiger partial charge in [0.1, 0.15) is 0 Å². The topological polar surface area (TPSA) is 44.8 Å². The van der Waals surface area contributed by atoms with Crippen molar-refractivity contribution in [3.8, 4) is 0 Å². The second-order valence-electron chi connectivity index (χ2n) is 5.31. The SMILES string of the molecule is Cc1cn[nH]c1[C@H]1CCCCN1Cc1scnc1C. The van der Waals surface area contributed by atoms with Crippen LogP contribution in [0.15, 0.2) is 11.7 Å². The summed E-state index contributed by atoms with van der Waals surface area (Å²) < 4.78 is 0. The maximum absolute atomic E-state index is 4.36. The van der Waals surface area contributed by atoms with Crippen LogP contribution in [0.3, 0.4) is 0 Å². The van der Waals surface area contributed by atoms with Crippen molar-refractivity contribution in [3.05, 3.63) is 33.5 Å². The molecule has 1 fully saturated rings. The fourth-order valence-corrected chi connectivity index (χ4v) is 3.66. The zero-order chi connectivity index (χ0) is 13.2. The quantitative estimate of drug-likeness (QED) is 0.936. The summed E-state index contributed by atoms with van der Waals surface area (Å²) in [5.41, 5.74) is 5.70. The van der Waals surface area contributed by atoms with Crippen molar-refractivity contribution in [3.63, 3.8) is 0 Å². The highest BCUT2D eigenvalue weighted by molar-refractivity contribution is 7.09. The number of hydrogen-bond donors (Lipinski definition) is 1. The van der Waals surface area contributed by atoms with E-state index in [0.717, 1.165) is 6.54 Å². The molecule has 1 saturated heterocycles. The summed E-state index contributed by atoms with van der Waals surface area (Å²) >= 11 is 1.77. The van der Waals surface area contributed by atoms with Crippen LogP contribution in [0.1, 0.15) is 47.1 Å². The molecule has 2 aromatic heterocycles. The van der Waals surface area contributed by atoms with Gasteiger partial charge in [-0.2, -0.15) is 5.10 Å². The Labute approximate surface area is 117 Å². The predicted octanol–water partition coefficient (Wildman–Crippen LogP) is 3.21. The lowest BCUT2D eigenvalue weighted by molar-refractivity contribution is 0.138. The summed E-state index contributed by atoms with van der Waals surface area (Å²) in [6.07, 6.45) is 5.75. The minimum absolute atomic E-state index is 0.484. The van der Waals surface area contributed by atoms with Crippen LogP contribution in [-0.4, -0.2) is 26.6 Å². The first-order valence-electron chi connectivity index (χ1n) is 6.88. The fourth-order valence-electron chi connectivity index (χ4n) is 2.86. The van der Waals surface area contributed by atoms with Crippen LogP contribution in [0.25, 0.3) is 0 Å². The lowest BCUT2D eigenvalue weighted by atomic mass is 9.97. The zero-order valence-electron chi connectivity index (χ0n) is 11.5. The van der Waals surface area contributed by atoms with Gasteiger partial charge in [-0.25, -0.2) is 4.98 Å². The average Bonchev–Trinajstić information content (AvgIpc) is 3.00. The molecule has 4 nitrogen and oxygen atoms in total. The third-order valence-corrected chi connectivity index (χ3v) is 4.93. The first kappa shape index (κ1) is 12.8. The molecule has 1 atom stereocenters. The number of nitrogens with one attached hydrogen (secondary N) is 1. The Kier molecular flexibility index (Phi) is 3.66. The smallest absolute Gasteiger partial charge is 0.0798 e. The Morgan fingerprint density at radius 1 is 1.42 bits per heavy atom. The monoisotopic (exact) mass is 276 g/mol. The molecule has 19 heavy (non-hydrogen) atoms. The van der Waals surface area contributed by atoms with Gasteiger partial charge in [-0.3, -0.25) is 10.00 Å². The van der Waals surface area contributed by atoms with Gasteiger partial charge in [-0.15, -0.1) is 11.3 Å². The molecule has 0 spiro atoms. The second kappa shape index (κ2) is 5.43. The number of aromatic nitrogens is 3. The summed E-state index contributed by atoms with van der Waals surface area (Å²) in [5.74, 6) is 0. The average molecular weight is 276 g/mol. The van der Waals surface area contributed by atoms with Gasteiger partial charge in [-0.05, 0) is 38.8 Å². The van der Waals surface area contributed by atoms with E-state index in [9.17, 15) is 0 Å². The molecule has 0 aliphatic carbocycles. The molecule has 0 aromatic carbocycles. The Hall–Kier alpha value is -1.20. The number of likely N-dealkylation sites (tertiary alicyclic amines) is 1. The zero-order valence-corrected chi connectivity index (χ0v) is 12.3. The molecule has 102 valence electrons. The number of thiazole rings is 1. The van der Waals surface area contributed by atoms with Crippen molar-refractivity contribution < 1.29 is 0 Å². The lowest BCUT2D eigenvalue weighted by Gasteiger charge is -2.35. The van der Waals surface area contributed by atoms with Gasteiger partial charge in [0.15, 0.2) is 0 Å². The van der Waals surface area contributed by atoms with E-state index in [1.807, 2.05) is 11.7 Å². The summed E-state index contributed by atoms with van der Waals surface area (Å²) in [6.45, 7) is 6.43. The summed E-state index contributed by atoms with van der Waals surface area (Å²) in [5, 5.41) is 7.38. The minimum Gasteiger partial charge on any atom is -0.290 e. The van der Waals surface area contributed by atoms with E-state index in [1.54, 1.807) is 11.3 Å². The van der Waals surface area contributed by atoms with Crippen molar-refractivity contribution in [1.82, 2.24) is 20.1 Å². The summed E-state index contributed by atoms with van der Waals surface area (Å²) in [6, 6.07) is 0.484. The van der Waals surface area contributed by atoms with Crippen LogP contribution in [0.4, 0.5) is 0 Å². The molecule has 2 aromatic rings. The number of hydrogen-bond acceptors (Lipinski definition) is 4.